The Morgan fingerprint density at radius 1 is 1.20 bits per heavy atom. The van der Waals surface area contributed by atoms with Gasteiger partial charge in [0.1, 0.15) is 24.1 Å². The maximum absolute atomic E-state index is 13.2. The Morgan fingerprint density at radius 2 is 1.88 bits per heavy atom. The fourth-order valence-corrected chi connectivity index (χ4v) is 7.11. The van der Waals surface area contributed by atoms with Gasteiger partial charge in [0.05, 0.1) is 41.0 Å². The minimum atomic E-state index is -3.73. The number of ether oxygens (including phenoxy) is 3. The van der Waals surface area contributed by atoms with Crippen LogP contribution in [-0.4, -0.2) is 113 Å². The number of rotatable bonds is 9. The zero-order valence-electron chi connectivity index (χ0n) is 23.2. The third-order valence-electron chi connectivity index (χ3n) is 7.84. The van der Waals surface area contributed by atoms with E-state index < -0.39 is 50.7 Å². The van der Waals surface area contributed by atoms with E-state index >= 15 is 0 Å². The van der Waals surface area contributed by atoms with Gasteiger partial charge in [0.2, 0.25) is 0 Å². The smallest absolute Gasteiger partial charge is 0.410 e. The summed E-state index contributed by atoms with van der Waals surface area (Å²) in [5.41, 5.74) is -1.31. The van der Waals surface area contributed by atoms with Crippen LogP contribution in [0.4, 0.5) is 9.59 Å². The third-order valence-corrected chi connectivity index (χ3v) is 10.4. The molecule has 40 heavy (non-hydrogen) atoms. The Labute approximate surface area is 234 Å². The van der Waals surface area contributed by atoms with Gasteiger partial charge in [0.25, 0.3) is 0 Å². The number of sulfone groups is 1. The first-order valence-electron chi connectivity index (χ1n) is 13.6. The molecule has 12 nitrogen and oxygen atoms in total. The number of nitrogens with zero attached hydrogens (tertiary/aromatic N) is 2. The summed E-state index contributed by atoms with van der Waals surface area (Å²) >= 11 is 0. The molecule has 1 saturated carbocycles. The maximum atomic E-state index is 13.2. The molecule has 1 spiro atoms. The van der Waals surface area contributed by atoms with Crippen molar-refractivity contribution in [3.05, 3.63) is 24.3 Å². The quantitative estimate of drug-likeness (QED) is 0.392. The molecule has 2 saturated heterocycles. The zero-order chi connectivity index (χ0) is 29.3. The number of aliphatic hydroxyl groups excluding tert-OH is 2. The number of carboxylic acid groups (broad SMARTS) is 1. The van der Waals surface area contributed by atoms with E-state index in [9.17, 15) is 33.3 Å². The summed E-state index contributed by atoms with van der Waals surface area (Å²) in [7, 11) is -3.73. The molecule has 1 aromatic carbocycles. The topological polar surface area (TPSA) is 163 Å². The van der Waals surface area contributed by atoms with Crippen LogP contribution in [0.3, 0.4) is 0 Å². The van der Waals surface area contributed by atoms with E-state index in [-0.39, 0.29) is 36.4 Å². The molecule has 0 bridgehead atoms. The molecule has 3 fully saturated rings. The lowest BCUT2D eigenvalue weighted by Gasteiger charge is -2.38. The van der Waals surface area contributed by atoms with Crippen molar-refractivity contribution in [2.75, 3.05) is 39.5 Å². The fourth-order valence-electron chi connectivity index (χ4n) is 5.27. The largest absolute Gasteiger partial charge is 0.491 e. The molecule has 13 heteroatoms. The van der Waals surface area contributed by atoms with Crippen molar-refractivity contribution < 1.29 is 47.5 Å². The summed E-state index contributed by atoms with van der Waals surface area (Å²) in [6.07, 6.45) is -0.371. The molecule has 0 aromatic heterocycles. The average Bonchev–Trinajstić information content (AvgIpc) is 3.61. The Balaban J connectivity index is 1.40. The van der Waals surface area contributed by atoms with Crippen molar-refractivity contribution in [1.29, 1.82) is 0 Å². The number of amides is 2. The second kappa shape index (κ2) is 11.3. The highest BCUT2D eigenvalue weighted by Gasteiger charge is 2.54. The predicted octanol–water partition coefficient (Wildman–Crippen LogP) is 2.26. The van der Waals surface area contributed by atoms with Crippen LogP contribution in [0.15, 0.2) is 29.2 Å². The van der Waals surface area contributed by atoms with Crippen LogP contribution in [0, 0.1) is 0 Å². The molecule has 3 N–H and O–H groups in total. The molecular weight excluding hydrogens is 544 g/mol. The highest BCUT2D eigenvalue weighted by atomic mass is 32.2. The van der Waals surface area contributed by atoms with E-state index in [0.29, 0.717) is 45.2 Å². The van der Waals surface area contributed by atoms with E-state index in [4.69, 9.17) is 14.2 Å². The summed E-state index contributed by atoms with van der Waals surface area (Å²) in [4.78, 5) is 27.3. The first kappa shape index (κ1) is 30.4. The molecule has 224 valence electrons. The van der Waals surface area contributed by atoms with Crippen molar-refractivity contribution in [3.63, 3.8) is 0 Å². The van der Waals surface area contributed by atoms with Crippen LogP contribution in [0.5, 0.6) is 5.75 Å². The van der Waals surface area contributed by atoms with Crippen molar-refractivity contribution in [3.8, 4) is 5.75 Å². The fraction of sp³-hybridized carbons (Fsp3) is 0.704. The first-order valence-corrected chi connectivity index (χ1v) is 15.1. The van der Waals surface area contributed by atoms with Crippen LogP contribution in [0.25, 0.3) is 0 Å². The SMILES string of the molecule is CC(C)(C)OC(=O)N(CC(O)COc1cccc(S(=O)(=O)C2(CO)CC2)c1)C1COC2(CCN(C(=O)O)CC2)C1. The van der Waals surface area contributed by atoms with Gasteiger partial charge in [-0.2, -0.15) is 0 Å². The maximum Gasteiger partial charge on any atom is 0.410 e. The van der Waals surface area contributed by atoms with E-state index in [1.165, 1.54) is 21.9 Å². The van der Waals surface area contributed by atoms with Crippen LogP contribution in [0.2, 0.25) is 0 Å². The van der Waals surface area contributed by atoms with Crippen LogP contribution >= 0.6 is 0 Å². The standard InChI is InChI=1S/C27H40N2O10S/c1-25(2,3)39-24(34)29(19-14-26(38-16-19)9-11-28(12-10-26)23(32)33)15-20(31)17-37-21-5-4-6-22(13-21)40(35,36)27(18-30)7-8-27/h4-6,13,19-20,30-31H,7-12,14-18H2,1-3H3,(H,32,33). The van der Waals surface area contributed by atoms with Gasteiger partial charge in [-0.1, -0.05) is 6.07 Å². The average molecular weight is 585 g/mol. The van der Waals surface area contributed by atoms with Gasteiger partial charge in [-0.3, -0.25) is 0 Å². The normalized spacial score (nSPS) is 22.5. The van der Waals surface area contributed by atoms with E-state index in [1.807, 2.05) is 0 Å². The van der Waals surface area contributed by atoms with Crippen LogP contribution in [-0.2, 0) is 19.3 Å². The number of hydrogen-bond acceptors (Lipinski definition) is 9. The first-order chi connectivity index (χ1) is 18.7. The molecule has 2 amide bonds. The van der Waals surface area contributed by atoms with Gasteiger partial charge in [0, 0.05) is 13.1 Å². The van der Waals surface area contributed by atoms with Crippen LogP contribution in [0.1, 0.15) is 52.9 Å². The number of piperidine rings is 1. The number of hydrogen-bond donors (Lipinski definition) is 3. The van der Waals surface area contributed by atoms with Crippen molar-refractivity contribution in [1.82, 2.24) is 9.80 Å². The third kappa shape index (κ3) is 6.64. The Morgan fingerprint density at radius 3 is 2.45 bits per heavy atom. The molecule has 4 rings (SSSR count). The molecule has 1 aromatic rings. The molecule has 0 radical (unpaired) electrons. The highest BCUT2D eigenvalue weighted by Crippen LogP contribution is 2.46. The van der Waals surface area contributed by atoms with Gasteiger partial charge in [-0.15, -0.1) is 0 Å². The summed E-state index contributed by atoms with van der Waals surface area (Å²) in [6, 6.07) is 5.56. The molecular formula is C27H40N2O10S. The minimum absolute atomic E-state index is 0.0452. The molecule has 2 unspecified atom stereocenters. The summed E-state index contributed by atoms with van der Waals surface area (Å²) in [6.45, 7) is 5.42. The van der Waals surface area contributed by atoms with Gasteiger partial charge in [-0.25, -0.2) is 18.0 Å². The lowest BCUT2D eigenvalue weighted by atomic mass is 9.87. The van der Waals surface area contributed by atoms with E-state index in [2.05, 4.69) is 0 Å². The number of aliphatic hydroxyl groups is 2. The number of carbonyl (C=O) groups excluding carboxylic acids is 1. The lowest BCUT2D eigenvalue weighted by molar-refractivity contribution is -0.0407. The molecule has 2 heterocycles. The summed E-state index contributed by atoms with van der Waals surface area (Å²) in [5.74, 6) is 0.242. The molecule has 2 aliphatic heterocycles. The molecule has 3 aliphatic rings. The van der Waals surface area contributed by atoms with Gasteiger partial charge >= 0.3 is 12.2 Å². The Kier molecular flexibility index (Phi) is 8.61. The molecule has 2 atom stereocenters. The van der Waals surface area contributed by atoms with Crippen LogP contribution < -0.4 is 4.74 Å². The lowest BCUT2D eigenvalue weighted by Crippen LogP contribution is -2.50. The second-order valence-electron chi connectivity index (χ2n) is 12.0. The van der Waals surface area contributed by atoms with Gasteiger partial charge < -0.3 is 39.3 Å². The van der Waals surface area contributed by atoms with Gasteiger partial charge in [0.15, 0.2) is 9.84 Å². The number of likely N-dealkylation sites (tertiary alicyclic amines) is 1. The number of carbonyl (C=O) groups is 2. The second-order valence-corrected chi connectivity index (χ2v) is 14.4. The Bertz CT molecular complexity index is 1190. The highest BCUT2D eigenvalue weighted by molar-refractivity contribution is 7.93. The molecule has 1 aliphatic carbocycles. The number of benzene rings is 1. The van der Waals surface area contributed by atoms with Crippen molar-refractivity contribution in [2.24, 2.45) is 0 Å². The Hall–Kier alpha value is -2.61. The monoisotopic (exact) mass is 584 g/mol. The van der Waals surface area contributed by atoms with E-state index in [0.717, 1.165) is 0 Å². The van der Waals surface area contributed by atoms with Crippen molar-refractivity contribution in [2.45, 2.75) is 85.9 Å². The van der Waals surface area contributed by atoms with E-state index in [1.54, 1.807) is 32.9 Å². The predicted molar refractivity (Wildman–Crippen MR) is 143 cm³/mol. The summed E-state index contributed by atoms with van der Waals surface area (Å²) < 4.78 is 42.2. The zero-order valence-corrected chi connectivity index (χ0v) is 24.1. The summed E-state index contributed by atoms with van der Waals surface area (Å²) in [5, 5.41) is 29.7. The van der Waals surface area contributed by atoms with Gasteiger partial charge in [-0.05, 0) is 71.1 Å². The van der Waals surface area contributed by atoms with Crippen molar-refractivity contribution >= 4 is 22.0 Å². The minimum Gasteiger partial charge on any atom is -0.491 e.